The van der Waals surface area contributed by atoms with Crippen LogP contribution in [0.25, 0.3) is 10.6 Å². The van der Waals surface area contributed by atoms with Gasteiger partial charge in [0.1, 0.15) is 5.01 Å². The second kappa shape index (κ2) is 9.43. The fourth-order valence-electron chi connectivity index (χ4n) is 3.72. The van der Waals surface area contributed by atoms with Gasteiger partial charge in [-0.3, -0.25) is 9.59 Å². The normalized spacial score (nSPS) is 16.0. The molecule has 31 heavy (non-hydrogen) atoms. The smallest absolute Gasteiger partial charge is 0.225 e. The van der Waals surface area contributed by atoms with E-state index in [2.05, 4.69) is 41.5 Å². The first kappa shape index (κ1) is 21.2. The lowest BCUT2D eigenvalue weighted by Crippen LogP contribution is -2.34. The Morgan fingerprint density at radius 2 is 1.77 bits per heavy atom. The maximum absolute atomic E-state index is 12.6. The zero-order valence-corrected chi connectivity index (χ0v) is 18.7. The van der Waals surface area contributed by atoms with Crippen LogP contribution in [0.3, 0.4) is 0 Å². The number of hydrogen-bond donors (Lipinski definition) is 1. The van der Waals surface area contributed by atoms with Crippen molar-refractivity contribution in [2.24, 2.45) is 5.92 Å². The van der Waals surface area contributed by atoms with Crippen molar-refractivity contribution in [1.82, 2.24) is 15.2 Å². The van der Waals surface area contributed by atoms with E-state index in [4.69, 9.17) is 0 Å². The number of carbonyl (C=O) groups excluding carboxylic acids is 2. The summed E-state index contributed by atoms with van der Waals surface area (Å²) in [5, 5.41) is 6.03. The summed E-state index contributed by atoms with van der Waals surface area (Å²) in [5.41, 5.74) is 5.60. The fourth-order valence-corrected chi connectivity index (χ4v) is 4.58. The third kappa shape index (κ3) is 5.39. The van der Waals surface area contributed by atoms with Crippen LogP contribution in [-0.4, -0.2) is 34.8 Å². The van der Waals surface area contributed by atoms with E-state index in [1.165, 1.54) is 11.1 Å². The minimum absolute atomic E-state index is 0.0444. The van der Waals surface area contributed by atoms with E-state index in [0.717, 1.165) is 21.8 Å². The molecule has 5 nitrogen and oxygen atoms in total. The first-order valence-corrected chi connectivity index (χ1v) is 11.5. The van der Waals surface area contributed by atoms with E-state index in [0.29, 0.717) is 26.1 Å². The molecular formula is C25H27N3O2S. The molecule has 4 rings (SSSR count). The number of carbonyl (C=O) groups is 2. The van der Waals surface area contributed by atoms with Crippen LogP contribution in [0.15, 0.2) is 53.9 Å². The highest BCUT2D eigenvalue weighted by molar-refractivity contribution is 7.13. The number of likely N-dealkylation sites (tertiary alicyclic amines) is 1. The number of amides is 2. The molecule has 0 radical (unpaired) electrons. The third-order valence-corrected chi connectivity index (χ3v) is 6.55. The number of nitrogens with one attached hydrogen (secondary N) is 1. The van der Waals surface area contributed by atoms with Crippen LogP contribution in [0.4, 0.5) is 0 Å². The summed E-state index contributed by atoms with van der Waals surface area (Å²) in [7, 11) is 0. The van der Waals surface area contributed by atoms with Crippen molar-refractivity contribution in [3.8, 4) is 10.6 Å². The number of rotatable bonds is 7. The zero-order chi connectivity index (χ0) is 21.8. The monoisotopic (exact) mass is 433 g/mol. The van der Waals surface area contributed by atoms with Gasteiger partial charge in [-0.25, -0.2) is 4.98 Å². The van der Waals surface area contributed by atoms with Crippen LogP contribution >= 0.6 is 11.3 Å². The van der Waals surface area contributed by atoms with Gasteiger partial charge in [0.25, 0.3) is 0 Å². The van der Waals surface area contributed by atoms with Crippen molar-refractivity contribution in [3.63, 3.8) is 0 Å². The number of benzene rings is 2. The Balaban J connectivity index is 1.25. The standard InChI is InChI=1S/C25H27N3O2S/c1-17-3-7-19(8-4-17)14-28-15-21(13-23(28)29)24(30)26-12-11-22-16-31-25(27-22)20-9-5-18(2)6-10-20/h3-10,16,21H,11-15H2,1-2H3,(H,26,30). The van der Waals surface area contributed by atoms with Gasteiger partial charge in [0.05, 0.1) is 11.6 Å². The van der Waals surface area contributed by atoms with Crippen LogP contribution in [0.1, 0.15) is 28.8 Å². The summed E-state index contributed by atoms with van der Waals surface area (Å²) in [4.78, 5) is 31.4. The Labute approximate surface area is 187 Å². The lowest BCUT2D eigenvalue weighted by Gasteiger charge is -2.17. The topological polar surface area (TPSA) is 62.3 Å². The van der Waals surface area contributed by atoms with Gasteiger partial charge in [0.2, 0.25) is 11.8 Å². The van der Waals surface area contributed by atoms with Gasteiger partial charge in [0.15, 0.2) is 0 Å². The molecule has 6 heteroatoms. The molecular weight excluding hydrogens is 406 g/mol. The van der Waals surface area contributed by atoms with Crippen LogP contribution in [0, 0.1) is 19.8 Å². The maximum Gasteiger partial charge on any atom is 0.225 e. The Morgan fingerprint density at radius 1 is 1.10 bits per heavy atom. The van der Waals surface area contributed by atoms with Crippen LogP contribution in [0.5, 0.6) is 0 Å². The minimum Gasteiger partial charge on any atom is -0.355 e. The maximum atomic E-state index is 12.6. The largest absolute Gasteiger partial charge is 0.355 e. The van der Waals surface area contributed by atoms with Gasteiger partial charge in [-0.05, 0) is 19.4 Å². The fraction of sp³-hybridized carbons (Fsp3) is 0.320. The first-order chi connectivity index (χ1) is 15.0. The minimum atomic E-state index is -0.281. The number of nitrogens with zero attached hydrogens (tertiary/aromatic N) is 2. The molecule has 160 valence electrons. The molecule has 1 atom stereocenters. The predicted octanol–water partition coefficient (Wildman–Crippen LogP) is 4.13. The molecule has 1 aromatic heterocycles. The highest BCUT2D eigenvalue weighted by Crippen LogP contribution is 2.24. The van der Waals surface area contributed by atoms with Crippen LogP contribution in [-0.2, 0) is 22.6 Å². The molecule has 0 spiro atoms. The Kier molecular flexibility index (Phi) is 6.47. The highest BCUT2D eigenvalue weighted by Gasteiger charge is 2.34. The Bertz CT molecular complexity index is 1060. The van der Waals surface area contributed by atoms with Crippen molar-refractivity contribution in [1.29, 1.82) is 0 Å². The average Bonchev–Trinajstić information content (AvgIpc) is 3.37. The van der Waals surface area contributed by atoms with Crippen molar-refractivity contribution in [2.75, 3.05) is 13.1 Å². The van der Waals surface area contributed by atoms with E-state index in [9.17, 15) is 9.59 Å². The molecule has 1 unspecified atom stereocenters. The summed E-state index contributed by atoms with van der Waals surface area (Å²) in [6.45, 7) is 5.67. The molecule has 1 aliphatic heterocycles. The lowest BCUT2D eigenvalue weighted by atomic mass is 10.1. The molecule has 1 fully saturated rings. The summed E-state index contributed by atoms with van der Waals surface area (Å²) in [6, 6.07) is 16.5. The van der Waals surface area contributed by atoms with E-state index in [-0.39, 0.29) is 24.2 Å². The molecule has 3 aromatic rings. The Morgan fingerprint density at radius 3 is 2.48 bits per heavy atom. The molecule has 0 aliphatic carbocycles. The number of hydrogen-bond acceptors (Lipinski definition) is 4. The third-order valence-electron chi connectivity index (χ3n) is 5.61. The van der Waals surface area contributed by atoms with Crippen molar-refractivity contribution in [2.45, 2.75) is 33.2 Å². The van der Waals surface area contributed by atoms with Crippen molar-refractivity contribution < 1.29 is 9.59 Å². The van der Waals surface area contributed by atoms with Crippen molar-refractivity contribution >= 4 is 23.2 Å². The average molecular weight is 434 g/mol. The molecule has 0 bridgehead atoms. The summed E-state index contributed by atoms with van der Waals surface area (Å²) in [5.74, 6) is -0.284. The quantitative estimate of drug-likeness (QED) is 0.609. The van der Waals surface area contributed by atoms with Gasteiger partial charge in [-0.15, -0.1) is 11.3 Å². The molecule has 1 saturated heterocycles. The predicted molar refractivity (Wildman–Crippen MR) is 124 cm³/mol. The van der Waals surface area contributed by atoms with Gasteiger partial charge < -0.3 is 10.2 Å². The molecule has 2 heterocycles. The van der Waals surface area contributed by atoms with Gasteiger partial charge >= 0.3 is 0 Å². The second-order valence-corrected chi connectivity index (χ2v) is 9.07. The molecule has 2 amide bonds. The lowest BCUT2D eigenvalue weighted by molar-refractivity contribution is -0.129. The number of aryl methyl sites for hydroxylation is 2. The van der Waals surface area contributed by atoms with Crippen LogP contribution < -0.4 is 5.32 Å². The van der Waals surface area contributed by atoms with E-state index >= 15 is 0 Å². The molecule has 2 aromatic carbocycles. The zero-order valence-electron chi connectivity index (χ0n) is 17.9. The van der Waals surface area contributed by atoms with Crippen LogP contribution in [0.2, 0.25) is 0 Å². The van der Waals surface area contributed by atoms with E-state index in [1.54, 1.807) is 16.2 Å². The highest BCUT2D eigenvalue weighted by atomic mass is 32.1. The number of thiazole rings is 1. The molecule has 1 aliphatic rings. The van der Waals surface area contributed by atoms with Gasteiger partial charge in [-0.2, -0.15) is 0 Å². The van der Waals surface area contributed by atoms with Gasteiger partial charge in [0, 0.05) is 43.4 Å². The second-order valence-electron chi connectivity index (χ2n) is 8.21. The Hall–Kier alpha value is -2.99. The number of aromatic nitrogens is 1. The molecule has 1 N–H and O–H groups in total. The van der Waals surface area contributed by atoms with E-state index < -0.39 is 0 Å². The summed E-state index contributed by atoms with van der Waals surface area (Å²) in [6.07, 6.45) is 0.966. The van der Waals surface area contributed by atoms with E-state index in [1.807, 2.05) is 36.6 Å². The summed E-state index contributed by atoms with van der Waals surface area (Å²) >= 11 is 1.62. The summed E-state index contributed by atoms with van der Waals surface area (Å²) < 4.78 is 0. The first-order valence-electron chi connectivity index (χ1n) is 10.6. The van der Waals surface area contributed by atoms with Gasteiger partial charge in [-0.1, -0.05) is 59.7 Å². The SMILES string of the molecule is Cc1ccc(CN2CC(C(=O)NCCc3csc(-c4ccc(C)cc4)n3)CC2=O)cc1. The molecule has 0 saturated carbocycles. The van der Waals surface area contributed by atoms with Crippen molar-refractivity contribution in [3.05, 3.63) is 76.3 Å².